The number of benzene rings is 1. The third-order valence-electron chi connectivity index (χ3n) is 3.96. The maximum atomic E-state index is 13.7. The molecule has 1 heterocycles. The molecule has 5 heteroatoms. The van der Waals surface area contributed by atoms with Gasteiger partial charge in [-0.3, -0.25) is 0 Å². The molecule has 0 aliphatic heterocycles. The summed E-state index contributed by atoms with van der Waals surface area (Å²) < 4.78 is 44.5. The van der Waals surface area contributed by atoms with Gasteiger partial charge in [-0.2, -0.15) is 8.78 Å². The van der Waals surface area contributed by atoms with Crippen molar-refractivity contribution in [2.24, 2.45) is 0 Å². The summed E-state index contributed by atoms with van der Waals surface area (Å²) in [7, 11) is 0. The lowest BCUT2D eigenvalue weighted by Crippen LogP contribution is -2.12. The van der Waals surface area contributed by atoms with Crippen LogP contribution in [0.15, 0.2) is 24.4 Å². The number of aromatic nitrogens is 1. The second-order valence-corrected chi connectivity index (χ2v) is 5.23. The van der Waals surface area contributed by atoms with Crippen LogP contribution in [0.1, 0.15) is 38.1 Å². The van der Waals surface area contributed by atoms with E-state index in [1.165, 1.54) is 31.4 Å². The molecule has 1 fully saturated rings. The van der Waals surface area contributed by atoms with Gasteiger partial charge in [-0.1, -0.05) is 19.3 Å². The minimum absolute atomic E-state index is 0.367. The molecule has 0 spiro atoms. The van der Waals surface area contributed by atoms with E-state index in [9.17, 15) is 13.2 Å². The van der Waals surface area contributed by atoms with Crippen molar-refractivity contribution in [2.75, 3.05) is 0 Å². The summed E-state index contributed by atoms with van der Waals surface area (Å²) in [5, 5.41) is 0.717. The van der Waals surface area contributed by atoms with Crippen molar-refractivity contribution in [2.45, 2.75) is 44.8 Å². The fraction of sp³-hybridized carbons (Fsp3) is 0.467. The van der Waals surface area contributed by atoms with Gasteiger partial charge < -0.3 is 9.30 Å². The molecule has 108 valence electrons. The maximum absolute atomic E-state index is 13.7. The highest BCUT2D eigenvalue weighted by molar-refractivity contribution is 5.82. The summed E-state index contributed by atoms with van der Waals surface area (Å²) in [6.07, 6.45) is 7.65. The lowest BCUT2D eigenvalue weighted by Gasteiger charge is -2.24. The molecule has 1 aromatic heterocycles. The van der Waals surface area contributed by atoms with Crippen molar-refractivity contribution in [3.63, 3.8) is 0 Å². The number of alkyl halides is 2. The summed E-state index contributed by atoms with van der Waals surface area (Å²) in [5.41, 5.74) is 0.758. The van der Waals surface area contributed by atoms with Gasteiger partial charge in [-0.25, -0.2) is 4.39 Å². The Morgan fingerprint density at radius 1 is 1.15 bits per heavy atom. The highest BCUT2D eigenvalue weighted by Gasteiger charge is 2.19. The van der Waals surface area contributed by atoms with Crippen molar-refractivity contribution in [3.05, 3.63) is 30.2 Å². The first-order valence-corrected chi connectivity index (χ1v) is 6.90. The van der Waals surface area contributed by atoms with Gasteiger partial charge in [0.25, 0.3) is 0 Å². The summed E-state index contributed by atoms with van der Waals surface area (Å²) in [4.78, 5) is 0. The van der Waals surface area contributed by atoms with Crippen LogP contribution in [-0.2, 0) is 0 Å². The lowest BCUT2D eigenvalue weighted by atomic mass is 9.95. The molecular weight excluding hydrogens is 267 g/mol. The molecule has 20 heavy (non-hydrogen) atoms. The van der Waals surface area contributed by atoms with E-state index >= 15 is 0 Å². The predicted octanol–water partition coefficient (Wildman–Crippen LogP) is 4.89. The van der Waals surface area contributed by atoms with Gasteiger partial charge in [0.1, 0.15) is 0 Å². The van der Waals surface area contributed by atoms with Crippen LogP contribution >= 0.6 is 0 Å². The Labute approximate surface area is 115 Å². The van der Waals surface area contributed by atoms with E-state index in [2.05, 4.69) is 9.30 Å². The zero-order valence-electron chi connectivity index (χ0n) is 11.0. The molecule has 0 bridgehead atoms. The Morgan fingerprint density at radius 3 is 2.60 bits per heavy atom. The lowest BCUT2D eigenvalue weighted by molar-refractivity contribution is -0.0520. The van der Waals surface area contributed by atoms with E-state index in [0.29, 0.717) is 6.04 Å². The number of ether oxygens (including phenoxy) is 1. The predicted molar refractivity (Wildman–Crippen MR) is 70.7 cm³/mol. The number of hydrogen-bond acceptors (Lipinski definition) is 1. The van der Waals surface area contributed by atoms with Gasteiger partial charge in [0.2, 0.25) is 0 Å². The molecule has 3 rings (SSSR count). The number of fused-ring (bicyclic) bond motifs is 1. The topological polar surface area (TPSA) is 14.2 Å². The van der Waals surface area contributed by atoms with Crippen molar-refractivity contribution >= 4 is 10.9 Å². The summed E-state index contributed by atoms with van der Waals surface area (Å²) >= 11 is 0. The molecule has 0 amide bonds. The van der Waals surface area contributed by atoms with Crippen LogP contribution in [0.25, 0.3) is 10.9 Å². The maximum Gasteiger partial charge on any atom is 0.387 e. The molecule has 0 saturated heterocycles. The number of rotatable bonds is 3. The normalized spacial score (nSPS) is 17.0. The Bertz CT molecular complexity index is 602. The van der Waals surface area contributed by atoms with Crippen molar-refractivity contribution in [3.8, 4) is 5.75 Å². The van der Waals surface area contributed by atoms with Crippen LogP contribution in [0.3, 0.4) is 0 Å². The van der Waals surface area contributed by atoms with E-state index in [-0.39, 0.29) is 5.75 Å². The van der Waals surface area contributed by atoms with Crippen molar-refractivity contribution < 1.29 is 17.9 Å². The summed E-state index contributed by atoms with van der Waals surface area (Å²) in [5.74, 6) is -1.14. The number of hydrogen-bond donors (Lipinski definition) is 0. The highest BCUT2D eigenvalue weighted by atomic mass is 19.3. The fourth-order valence-corrected chi connectivity index (χ4v) is 3.02. The Balaban J connectivity index is 2.01. The quantitative estimate of drug-likeness (QED) is 0.782. The molecule has 0 radical (unpaired) electrons. The van der Waals surface area contributed by atoms with Crippen LogP contribution in [0.5, 0.6) is 5.75 Å². The first-order chi connectivity index (χ1) is 9.65. The zero-order valence-corrected chi connectivity index (χ0v) is 11.0. The van der Waals surface area contributed by atoms with E-state index in [4.69, 9.17) is 0 Å². The molecule has 0 atom stereocenters. The molecule has 1 saturated carbocycles. The first kappa shape index (κ1) is 13.3. The third-order valence-corrected chi connectivity index (χ3v) is 3.96. The van der Waals surface area contributed by atoms with E-state index in [0.717, 1.165) is 23.7 Å². The third kappa shape index (κ3) is 2.49. The smallest absolute Gasteiger partial charge is 0.387 e. The molecular formula is C15H16F3NO. The molecule has 0 unspecified atom stereocenters. The Morgan fingerprint density at radius 2 is 1.90 bits per heavy atom. The van der Waals surface area contributed by atoms with Crippen molar-refractivity contribution in [1.82, 2.24) is 4.57 Å². The van der Waals surface area contributed by atoms with Gasteiger partial charge in [0.05, 0.1) is 5.52 Å². The van der Waals surface area contributed by atoms with Crippen LogP contribution in [-0.4, -0.2) is 11.2 Å². The minimum Gasteiger partial charge on any atom is -0.432 e. The van der Waals surface area contributed by atoms with Crippen LogP contribution < -0.4 is 4.74 Å². The molecule has 2 aromatic rings. The van der Waals surface area contributed by atoms with Crippen LogP contribution in [0.2, 0.25) is 0 Å². The van der Waals surface area contributed by atoms with E-state index in [1.54, 1.807) is 0 Å². The average molecular weight is 283 g/mol. The van der Waals surface area contributed by atoms with Crippen LogP contribution in [0.4, 0.5) is 13.2 Å². The summed E-state index contributed by atoms with van der Waals surface area (Å²) in [6, 6.07) is 4.82. The standard InChI is InChI=1S/C15H16F3NO/c16-12-8-10-6-7-19(11-4-2-1-3-5-11)13(10)9-14(12)20-15(17)18/h6-9,11,15H,1-5H2. The van der Waals surface area contributed by atoms with Gasteiger partial charge in [0.15, 0.2) is 11.6 Å². The van der Waals surface area contributed by atoms with Gasteiger partial charge in [-0.15, -0.1) is 0 Å². The Kier molecular flexibility index (Phi) is 3.59. The second-order valence-electron chi connectivity index (χ2n) is 5.23. The minimum atomic E-state index is -3.01. The van der Waals surface area contributed by atoms with Crippen molar-refractivity contribution in [1.29, 1.82) is 0 Å². The largest absolute Gasteiger partial charge is 0.432 e. The Hall–Kier alpha value is -1.65. The molecule has 0 N–H and O–H groups in total. The highest BCUT2D eigenvalue weighted by Crippen LogP contribution is 2.34. The fourth-order valence-electron chi connectivity index (χ4n) is 3.02. The van der Waals surface area contributed by atoms with Gasteiger partial charge in [-0.05, 0) is 25.0 Å². The van der Waals surface area contributed by atoms with Crippen LogP contribution in [0, 0.1) is 5.82 Å². The number of nitrogens with zero attached hydrogens (tertiary/aromatic N) is 1. The average Bonchev–Trinajstić information content (AvgIpc) is 2.82. The molecule has 2 nitrogen and oxygen atoms in total. The molecule has 1 aliphatic carbocycles. The summed E-state index contributed by atoms with van der Waals surface area (Å²) in [6.45, 7) is -3.01. The van der Waals surface area contributed by atoms with Gasteiger partial charge >= 0.3 is 6.61 Å². The van der Waals surface area contributed by atoms with Gasteiger partial charge in [0, 0.05) is 23.7 Å². The van der Waals surface area contributed by atoms with E-state index < -0.39 is 12.4 Å². The second kappa shape index (κ2) is 5.38. The molecule has 1 aliphatic rings. The SMILES string of the molecule is Fc1cc2ccn(C3CCCCC3)c2cc1OC(F)F. The monoisotopic (exact) mass is 283 g/mol. The number of halogens is 3. The first-order valence-electron chi connectivity index (χ1n) is 6.90. The van der Waals surface area contributed by atoms with E-state index in [1.807, 2.05) is 12.3 Å². The zero-order chi connectivity index (χ0) is 14.1. The molecule has 1 aromatic carbocycles.